The molecule has 1 aromatic heterocycles. The van der Waals surface area contributed by atoms with Gasteiger partial charge >= 0.3 is 5.97 Å². The number of nitrogens with two attached hydrogens (primary N) is 1. The van der Waals surface area contributed by atoms with E-state index in [4.69, 9.17) is 15.6 Å². The van der Waals surface area contributed by atoms with Gasteiger partial charge in [-0.2, -0.15) is 0 Å². The van der Waals surface area contributed by atoms with Crippen LogP contribution in [0.5, 0.6) is 5.75 Å². The van der Waals surface area contributed by atoms with Crippen LogP contribution in [0.25, 0.3) is 10.9 Å². The third-order valence-corrected chi connectivity index (χ3v) is 4.91. The number of amides is 1. The summed E-state index contributed by atoms with van der Waals surface area (Å²) < 4.78 is 21.5. The first-order valence-corrected chi connectivity index (χ1v) is 8.76. The van der Waals surface area contributed by atoms with E-state index in [0.717, 1.165) is 22.2 Å². The molecule has 1 amide bonds. The van der Waals surface area contributed by atoms with Gasteiger partial charge < -0.3 is 20.1 Å². The summed E-state index contributed by atoms with van der Waals surface area (Å²) in [7, 11) is 0. The van der Waals surface area contributed by atoms with E-state index in [1.165, 1.54) is 19.1 Å². The summed E-state index contributed by atoms with van der Waals surface area (Å²) in [4.78, 5) is 22.3. The highest BCUT2D eigenvalue weighted by molar-refractivity contribution is 5.98. The minimum absolute atomic E-state index is 0.102. The summed E-state index contributed by atoms with van der Waals surface area (Å²) in [5.74, 6) is -2.37. The molecule has 2 aromatic carbocycles. The van der Waals surface area contributed by atoms with Crippen LogP contribution in [0.3, 0.4) is 0 Å². The molecule has 7 heteroatoms. The van der Waals surface area contributed by atoms with Gasteiger partial charge in [0.15, 0.2) is 17.7 Å². The number of fused-ring (bicyclic) bond motifs is 1. The summed E-state index contributed by atoms with van der Waals surface area (Å²) >= 11 is 0. The van der Waals surface area contributed by atoms with Crippen molar-refractivity contribution in [2.75, 3.05) is 0 Å². The topological polar surface area (TPSA) is 94.6 Å². The van der Waals surface area contributed by atoms with Crippen LogP contribution in [0.2, 0.25) is 0 Å². The van der Waals surface area contributed by atoms with E-state index in [2.05, 4.69) is 0 Å². The Morgan fingerprint density at radius 3 is 2.54 bits per heavy atom. The smallest absolute Gasteiger partial charge is 0.344 e. The van der Waals surface area contributed by atoms with Crippen LogP contribution in [0.4, 0.5) is 4.39 Å². The van der Waals surface area contributed by atoms with E-state index in [-0.39, 0.29) is 5.75 Å². The number of carbonyl (C=O) groups excluding carboxylic acids is 1. The van der Waals surface area contributed by atoms with Crippen molar-refractivity contribution >= 4 is 22.8 Å². The molecule has 0 saturated heterocycles. The number of rotatable bonds is 6. The monoisotopic (exact) mass is 384 g/mol. The Labute approximate surface area is 161 Å². The third-order valence-electron chi connectivity index (χ3n) is 4.91. The van der Waals surface area contributed by atoms with E-state index in [0.29, 0.717) is 17.7 Å². The number of hydrogen-bond donors (Lipinski definition) is 2. The predicted octanol–water partition coefficient (Wildman–Crippen LogP) is 3.40. The normalized spacial score (nSPS) is 12.1. The minimum Gasteiger partial charge on any atom is -0.479 e. The molecular weight excluding hydrogens is 363 g/mol. The van der Waals surface area contributed by atoms with Crippen molar-refractivity contribution in [3.8, 4) is 5.75 Å². The average molecular weight is 384 g/mol. The standard InChI is InChI=1S/C21H21FN2O4/c1-11-12(2)24(18-6-5-15(20(23)25)9-16(11)18)10-14-4-7-19(17(22)8-14)28-13(3)21(26)27/h4-9,13H,10H2,1-3H3,(H2,23,25)(H,26,27). The van der Waals surface area contributed by atoms with Crippen LogP contribution < -0.4 is 10.5 Å². The van der Waals surface area contributed by atoms with Gasteiger partial charge in [0, 0.05) is 28.7 Å². The third kappa shape index (κ3) is 3.55. The molecule has 28 heavy (non-hydrogen) atoms. The first kappa shape index (κ1) is 19.4. The number of hydrogen-bond acceptors (Lipinski definition) is 3. The lowest BCUT2D eigenvalue weighted by molar-refractivity contribution is -0.144. The Bertz CT molecular complexity index is 1090. The Morgan fingerprint density at radius 1 is 1.21 bits per heavy atom. The summed E-state index contributed by atoms with van der Waals surface area (Å²) in [5, 5.41) is 9.81. The van der Waals surface area contributed by atoms with Crippen LogP contribution in [-0.2, 0) is 11.3 Å². The zero-order valence-corrected chi connectivity index (χ0v) is 15.8. The highest BCUT2D eigenvalue weighted by Crippen LogP contribution is 2.28. The number of aromatic nitrogens is 1. The number of ether oxygens (including phenoxy) is 1. The molecule has 3 aromatic rings. The largest absolute Gasteiger partial charge is 0.479 e. The molecule has 1 unspecified atom stereocenters. The summed E-state index contributed by atoms with van der Waals surface area (Å²) in [6.07, 6.45) is -1.14. The second-order valence-electron chi connectivity index (χ2n) is 6.76. The number of aliphatic carboxylic acids is 1. The van der Waals surface area contributed by atoms with Crippen molar-refractivity contribution in [2.24, 2.45) is 5.73 Å². The van der Waals surface area contributed by atoms with Gasteiger partial charge in [-0.3, -0.25) is 4.79 Å². The number of carboxylic acid groups (broad SMARTS) is 1. The van der Waals surface area contributed by atoms with Crippen molar-refractivity contribution < 1.29 is 23.8 Å². The van der Waals surface area contributed by atoms with Crippen LogP contribution in [0.1, 0.15) is 34.1 Å². The maximum atomic E-state index is 14.4. The lowest BCUT2D eigenvalue weighted by Crippen LogP contribution is -2.23. The molecule has 3 rings (SSSR count). The van der Waals surface area contributed by atoms with Crippen LogP contribution in [0.15, 0.2) is 36.4 Å². The lowest BCUT2D eigenvalue weighted by Gasteiger charge is -2.13. The van der Waals surface area contributed by atoms with Crippen molar-refractivity contribution in [3.05, 3.63) is 64.6 Å². The minimum atomic E-state index is -1.16. The molecule has 1 heterocycles. The molecule has 0 aliphatic heterocycles. The van der Waals surface area contributed by atoms with Gasteiger partial charge in [-0.05, 0) is 62.2 Å². The molecule has 0 aliphatic rings. The van der Waals surface area contributed by atoms with Gasteiger partial charge in [-0.15, -0.1) is 0 Å². The SMILES string of the molecule is Cc1c(C)n(Cc2ccc(OC(C)C(=O)O)c(F)c2)c2ccc(C(N)=O)cc12. The molecule has 6 nitrogen and oxygen atoms in total. The van der Waals surface area contributed by atoms with E-state index in [1.807, 2.05) is 24.5 Å². The number of carboxylic acids is 1. The second-order valence-corrected chi connectivity index (χ2v) is 6.76. The van der Waals surface area contributed by atoms with Gasteiger partial charge in [0.2, 0.25) is 5.91 Å². The van der Waals surface area contributed by atoms with Crippen molar-refractivity contribution in [2.45, 2.75) is 33.4 Å². The highest BCUT2D eigenvalue weighted by atomic mass is 19.1. The summed E-state index contributed by atoms with van der Waals surface area (Å²) in [6, 6.07) is 9.74. The number of benzene rings is 2. The zero-order chi connectivity index (χ0) is 20.6. The molecule has 3 N–H and O–H groups in total. The maximum absolute atomic E-state index is 14.4. The molecular formula is C21H21FN2O4. The second kappa shape index (κ2) is 7.34. The number of primary amides is 1. The number of carbonyl (C=O) groups is 2. The summed E-state index contributed by atoms with van der Waals surface area (Å²) in [5.41, 5.74) is 9.45. The van der Waals surface area contributed by atoms with E-state index in [9.17, 15) is 14.0 Å². The zero-order valence-electron chi connectivity index (χ0n) is 15.8. The van der Waals surface area contributed by atoms with E-state index in [1.54, 1.807) is 18.2 Å². The summed E-state index contributed by atoms with van der Waals surface area (Å²) in [6.45, 7) is 5.68. The van der Waals surface area contributed by atoms with Crippen LogP contribution >= 0.6 is 0 Å². The van der Waals surface area contributed by atoms with E-state index < -0.39 is 23.8 Å². The van der Waals surface area contributed by atoms with Gasteiger partial charge in [-0.25, -0.2) is 9.18 Å². The lowest BCUT2D eigenvalue weighted by atomic mass is 10.1. The fourth-order valence-corrected chi connectivity index (χ4v) is 3.17. The molecule has 146 valence electrons. The molecule has 0 bridgehead atoms. The fraction of sp³-hybridized carbons (Fsp3) is 0.238. The average Bonchev–Trinajstić information content (AvgIpc) is 2.88. The molecule has 1 atom stereocenters. The van der Waals surface area contributed by atoms with Crippen LogP contribution in [0, 0.1) is 19.7 Å². The fourth-order valence-electron chi connectivity index (χ4n) is 3.17. The Hall–Kier alpha value is -3.35. The van der Waals surface area contributed by atoms with Crippen molar-refractivity contribution in [1.29, 1.82) is 0 Å². The predicted molar refractivity (Wildman–Crippen MR) is 103 cm³/mol. The number of nitrogens with zero attached hydrogens (tertiary/aromatic N) is 1. The molecule has 0 aliphatic carbocycles. The number of halogens is 1. The maximum Gasteiger partial charge on any atom is 0.344 e. The molecule has 0 saturated carbocycles. The molecule has 0 fully saturated rings. The first-order chi connectivity index (χ1) is 13.2. The van der Waals surface area contributed by atoms with Gasteiger partial charge in [0.1, 0.15) is 0 Å². The van der Waals surface area contributed by atoms with Gasteiger partial charge in [0.25, 0.3) is 0 Å². The Balaban J connectivity index is 1.94. The van der Waals surface area contributed by atoms with Crippen molar-refractivity contribution in [1.82, 2.24) is 4.57 Å². The van der Waals surface area contributed by atoms with Gasteiger partial charge in [-0.1, -0.05) is 6.07 Å². The molecule has 0 spiro atoms. The quantitative estimate of drug-likeness (QED) is 0.681. The Kier molecular flexibility index (Phi) is 5.09. The van der Waals surface area contributed by atoms with Crippen molar-refractivity contribution in [3.63, 3.8) is 0 Å². The number of aryl methyl sites for hydroxylation is 1. The Morgan fingerprint density at radius 2 is 1.93 bits per heavy atom. The van der Waals surface area contributed by atoms with Crippen LogP contribution in [-0.4, -0.2) is 27.7 Å². The van der Waals surface area contributed by atoms with Gasteiger partial charge in [0.05, 0.1) is 0 Å². The van der Waals surface area contributed by atoms with E-state index >= 15 is 0 Å². The molecule has 0 radical (unpaired) electrons. The first-order valence-electron chi connectivity index (χ1n) is 8.76. The highest BCUT2D eigenvalue weighted by Gasteiger charge is 2.17.